The summed E-state index contributed by atoms with van der Waals surface area (Å²) in [6, 6.07) is -0.685. The largest absolute Gasteiger partial charge is 0.454 e. The highest BCUT2D eigenvalue weighted by Crippen LogP contribution is 2.29. The number of halogens is 6. The third-order valence-corrected chi connectivity index (χ3v) is 1.38. The molecule has 0 saturated heterocycles. The normalized spacial score (nSPS) is 12.6. The molecule has 0 bridgehead atoms. The molecule has 0 aliphatic carbocycles. The molecule has 1 aromatic heterocycles. The molecule has 17 heavy (non-hydrogen) atoms. The van der Waals surface area contributed by atoms with Crippen molar-refractivity contribution in [3.8, 4) is 6.01 Å². The van der Waals surface area contributed by atoms with Crippen LogP contribution in [-0.4, -0.2) is 22.8 Å². The third-order valence-electron chi connectivity index (χ3n) is 1.38. The first-order valence-electron chi connectivity index (χ1n) is 3.99. The molecule has 0 fully saturated rings. The molecule has 1 aromatic rings. The van der Waals surface area contributed by atoms with Crippen LogP contribution in [0.2, 0.25) is 0 Å². The number of nitrogens with zero attached hydrogens (tertiary/aromatic N) is 2. The molecule has 0 aromatic carbocycles. The fourth-order valence-electron chi connectivity index (χ4n) is 0.799. The molecule has 1 rings (SSSR count). The second-order valence-corrected chi connectivity index (χ2v) is 2.86. The molecule has 0 atom stereocenters. The lowest BCUT2D eigenvalue weighted by molar-refractivity contribution is -0.155. The summed E-state index contributed by atoms with van der Waals surface area (Å²) in [5.41, 5.74) is 3.51. The van der Waals surface area contributed by atoms with Crippen molar-refractivity contribution in [2.45, 2.75) is 12.4 Å². The van der Waals surface area contributed by atoms with Crippen molar-refractivity contribution in [3.63, 3.8) is 0 Å². The molecule has 0 aliphatic rings. The van der Waals surface area contributed by atoms with Gasteiger partial charge in [0, 0.05) is 6.07 Å². The van der Waals surface area contributed by atoms with E-state index in [9.17, 15) is 26.3 Å². The molecule has 0 saturated carbocycles. The van der Waals surface area contributed by atoms with Gasteiger partial charge in [-0.3, -0.25) is 0 Å². The molecule has 0 aliphatic heterocycles. The van der Waals surface area contributed by atoms with Gasteiger partial charge in [0.2, 0.25) is 0 Å². The van der Waals surface area contributed by atoms with Crippen LogP contribution in [0.5, 0.6) is 6.01 Å². The molecule has 96 valence electrons. The minimum Gasteiger partial charge on any atom is -0.454 e. The average molecular weight is 261 g/mol. The van der Waals surface area contributed by atoms with Crippen LogP contribution in [0.3, 0.4) is 0 Å². The monoisotopic (exact) mass is 261 g/mol. The summed E-state index contributed by atoms with van der Waals surface area (Å²) in [6.45, 7) is -1.80. The number of alkyl halides is 6. The standard InChI is InChI=1S/C7H5F6N3O/c8-6(9,10)2-17-5-15-3(7(11,12)13)1-4(14)16-5/h1H,2H2,(H2,14,15,16). The number of hydrogen-bond acceptors (Lipinski definition) is 4. The van der Waals surface area contributed by atoms with Crippen LogP contribution in [0.25, 0.3) is 0 Å². The summed E-state index contributed by atoms with van der Waals surface area (Å²) in [6.07, 6.45) is -9.54. The van der Waals surface area contributed by atoms with Crippen LogP contribution < -0.4 is 10.5 Å². The van der Waals surface area contributed by atoms with Gasteiger partial charge in [-0.25, -0.2) is 0 Å². The Balaban J connectivity index is 2.91. The second kappa shape index (κ2) is 4.26. The number of anilines is 1. The lowest BCUT2D eigenvalue weighted by Gasteiger charge is -2.10. The van der Waals surface area contributed by atoms with Gasteiger partial charge in [-0.2, -0.15) is 36.3 Å². The van der Waals surface area contributed by atoms with E-state index in [1.54, 1.807) is 0 Å². The van der Waals surface area contributed by atoms with E-state index < -0.39 is 36.5 Å². The van der Waals surface area contributed by atoms with Crippen molar-refractivity contribution < 1.29 is 31.1 Å². The topological polar surface area (TPSA) is 61.0 Å². The Kier molecular flexibility index (Phi) is 3.34. The first-order valence-corrected chi connectivity index (χ1v) is 3.99. The SMILES string of the molecule is Nc1cc(C(F)(F)F)nc(OCC(F)(F)F)n1. The molecule has 1 heterocycles. The average Bonchev–Trinajstić information content (AvgIpc) is 2.11. The first kappa shape index (κ1) is 13.3. The maximum Gasteiger partial charge on any atom is 0.433 e. The molecule has 4 nitrogen and oxygen atoms in total. The quantitative estimate of drug-likeness (QED) is 0.827. The Morgan fingerprint density at radius 1 is 1.12 bits per heavy atom. The zero-order valence-corrected chi connectivity index (χ0v) is 7.93. The van der Waals surface area contributed by atoms with Gasteiger partial charge in [-0.15, -0.1) is 0 Å². The zero-order valence-electron chi connectivity index (χ0n) is 7.93. The lowest BCUT2D eigenvalue weighted by Crippen LogP contribution is -2.21. The van der Waals surface area contributed by atoms with Crippen molar-refractivity contribution in [1.82, 2.24) is 9.97 Å². The Bertz CT molecular complexity index is 402. The molecule has 0 radical (unpaired) electrons. The number of aromatic nitrogens is 2. The summed E-state index contributed by atoms with van der Waals surface area (Å²) < 4.78 is 75.8. The predicted octanol–water partition coefficient (Wildman–Crippen LogP) is 2.02. The molecule has 0 amide bonds. The zero-order chi connectivity index (χ0) is 13.3. The van der Waals surface area contributed by atoms with E-state index in [4.69, 9.17) is 5.73 Å². The van der Waals surface area contributed by atoms with E-state index in [0.29, 0.717) is 6.07 Å². The maximum atomic E-state index is 12.2. The van der Waals surface area contributed by atoms with E-state index >= 15 is 0 Å². The van der Waals surface area contributed by atoms with Gasteiger partial charge in [0.1, 0.15) is 5.82 Å². The number of nitrogen functional groups attached to an aromatic ring is 1. The minimum absolute atomic E-state index is 0.389. The fourth-order valence-corrected chi connectivity index (χ4v) is 0.799. The van der Waals surface area contributed by atoms with Crippen LogP contribution in [0.4, 0.5) is 32.2 Å². The summed E-state index contributed by atoms with van der Waals surface area (Å²) in [5, 5.41) is 0. The highest BCUT2D eigenvalue weighted by molar-refractivity contribution is 5.32. The Hall–Kier alpha value is -1.74. The molecule has 2 N–H and O–H groups in total. The van der Waals surface area contributed by atoms with Crippen LogP contribution in [-0.2, 0) is 6.18 Å². The summed E-state index contributed by atoms with van der Waals surface area (Å²) in [7, 11) is 0. The fraction of sp³-hybridized carbons (Fsp3) is 0.429. The molecule has 0 spiro atoms. The second-order valence-electron chi connectivity index (χ2n) is 2.86. The van der Waals surface area contributed by atoms with Gasteiger partial charge >= 0.3 is 18.4 Å². The van der Waals surface area contributed by atoms with Gasteiger partial charge in [-0.1, -0.05) is 0 Å². The van der Waals surface area contributed by atoms with Crippen LogP contribution in [0.15, 0.2) is 6.07 Å². The molecule has 0 unspecified atom stereocenters. The van der Waals surface area contributed by atoms with Crippen LogP contribution >= 0.6 is 0 Å². The van der Waals surface area contributed by atoms with E-state index in [0.717, 1.165) is 0 Å². The Labute approximate surface area is 90.4 Å². The summed E-state index contributed by atoms with van der Waals surface area (Å²) >= 11 is 0. The van der Waals surface area contributed by atoms with Crippen molar-refractivity contribution in [1.29, 1.82) is 0 Å². The molecular weight excluding hydrogens is 256 g/mol. The van der Waals surface area contributed by atoms with Gasteiger partial charge < -0.3 is 10.5 Å². The Morgan fingerprint density at radius 2 is 1.71 bits per heavy atom. The molecule has 10 heteroatoms. The van der Waals surface area contributed by atoms with E-state index in [2.05, 4.69) is 14.7 Å². The summed E-state index contributed by atoms with van der Waals surface area (Å²) in [4.78, 5) is 5.86. The predicted molar refractivity (Wildman–Crippen MR) is 43.0 cm³/mol. The van der Waals surface area contributed by atoms with Gasteiger partial charge in [0.15, 0.2) is 12.3 Å². The number of ether oxygens (including phenoxy) is 1. The van der Waals surface area contributed by atoms with E-state index in [1.807, 2.05) is 0 Å². The van der Waals surface area contributed by atoms with E-state index in [-0.39, 0.29) is 0 Å². The number of nitrogens with two attached hydrogens (primary N) is 1. The number of hydrogen-bond donors (Lipinski definition) is 1. The Morgan fingerprint density at radius 3 is 2.18 bits per heavy atom. The highest BCUT2D eigenvalue weighted by Gasteiger charge is 2.34. The van der Waals surface area contributed by atoms with Crippen LogP contribution in [0, 0.1) is 0 Å². The van der Waals surface area contributed by atoms with Crippen LogP contribution in [0.1, 0.15) is 5.69 Å². The minimum atomic E-state index is -4.84. The van der Waals surface area contributed by atoms with Gasteiger partial charge in [-0.05, 0) is 0 Å². The smallest absolute Gasteiger partial charge is 0.433 e. The van der Waals surface area contributed by atoms with Crippen molar-refractivity contribution in [2.24, 2.45) is 0 Å². The number of rotatable bonds is 2. The van der Waals surface area contributed by atoms with Gasteiger partial charge in [0.25, 0.3) is 0 Å². The summed E-state index contributed by atoms with van der Waals surface area (Å²) in [5.74, 6) is -0.635. The van der Waals surface area contributed by atoms with E-state index in [1.165, 1.54) is 0 Å². The van der Waals surface area contributed by atoms with Gasteiger partial charge in [0.05, 0.1) is 0 Å². The third kappa shape index (κ3) is 4.33. The molecular formula is C7H5F6N3O. The highest BCUT2D eigenvalue weighted by atomic mass is 19.4. The lowest BCUT2D eigenvalue weighted by atomic mass is 10.4. The van der Waals surface area contributed by atoms with Crippen molar-refractivity contribution in [2.75, 3.05) is 12.3 Å². The first-order chi connectivity index (χ1) is 7.58. The maximum absolute atomic E-state index is 12.2. The van der Waals surface area contributed by atoms with Crippen molar-refractivity contribution >= 4 is 5.82 Å². The van der Waals surface area contributed by atoms with Crippen molar-refractivity contribution in [3.05, 3.63) is 11.8 Å².